The number of rotatable bonds is 5. The van der Waals surface area contributed by atoms with Crippen LogP contribution in [0.3, 0.4) is 0 Å². The van der Waals surface area contributed by atoms with Gasteiger partial charge in [0.2, 0.25) is 0 Å². The highest BCUT2D eigenvalue weighted by Gasteiger charge is 2.23. The van der Waals surface area contributed by atoms with E-state index in [-0.39, 0.29) is 18.2 Å². The molecule has 2 aromatic carbocycles. The lowest BCUT2D eigenvalue weighted by atomic mass is 9.96. The number of para-hydroxylation sites is 2. The quantitative estimate of drug-likeness (QED) is 0.556. The van der Waals surface area contributed by atoms with Crippen molar-refractivity contribution in [1.29, 1.82) is 5.26 Å². The minimum Gasteiger partial charge on any atom is -0.489 e. The largest absolute Gasteiger partial charge is 0.489 e. The van der Waals surface area contributed by atoms with E-state index in [1.807, 2.05) is 18.2 Å². The van der Waals surface area contributed by atoms with E-state index < -0.39 is 0 Å². The van der Waals surface area contributed by atoms with Gasteiger partial charge in [-0.15, -0.1) is 0 Å². The Labute approximate surface area is 178 Å². The van der Waals surface area contributed by atoms with Gasteiger partial charge in [-0.1, -0.05) is 30.3 Å². The molecule has 0 bridgehead atoms. The monoisotopic (exact) mass is 409 g/mol. The van der Waals surface area contributed by atoms with Crippen LogP contribution in [-0.2, 0) is 11.2 Å². The van der Waals surface area contributed by atoms with Crippen molar-refractivity contribution >= 4 is 10.9 Å². The number of ether oxygens (including phenoxy) is 2. The molecule has 1 aromatic heterocycles. The Morgan fingerprint density at radius 1 is 1.23 bits per heavy atom. The van der Waals surface area contributed by atoms with E-state index in [1.54, 1.807) is 19.1 Å². The highest BCUT2D eigenvalue weighted by Crippen LogP contribution is 2.21. The van der Waals surface area contributed by atoms with Gasteiger partial charge in [0.15, 0.2) is 0 Å². The molecule has 0 amide bonds. The maximum absolute atomic E-state index is 8.74. The van der Waals surface area contributed by atoms with Gasteiger partial charge >= 0.3 is 0 Å². The molecule has 1 aliphatic rings. The molecule has 30 heavy (non-hydrogen) atoms. The standard InChI is InChI=1S/C12H16N2.C10H9NO2.C2H6O/c1-12(2,13)7-9-8-14-11-6-4-3-5-10(9)11;11-5-8-3-1-2-4-10(8)13-7-9-6-12-9;1-2-3/h3-6,8,14H,7,13H2,1-2H3;1-4,9H,6-7H2;3H,2H2,1H3/t;9-;/m.0./s1. The molecule has 0 aliphatic carbocycles. The molecular formula is C24H31N3O3. The SMILES string of the molecule is CC(C)(N)Cc1c[nH]c2ccccc12.CCO.N#Cc1ccccc1OC[C@@H]1CO1. The third-order valence-corrected chi connectivity index (χ3v) is 4.16. The maximum atomic E-state index is 8.74. The minimum atomic E-state index is -0.148. The summed E-state index contributed by atoms with van der Waals surface area (Å²) in [6, 6.07) is 17.6. The molecule has 1 atom stereocenters. The molecule has 1 fully saturated rings. The van der Waals surface area contributed by atoms with Crippen LogP contribution in [0.5, 0.6) is 5.75 Å². The third kappa shape index (κ3) is 7.88. The fraction of sp³-hybridized carbons (Fsp3) is 0.375. The van der Waals surface area contributed by atoms with Gasteiger partial charge in [-0.25, -0.2) is 0 Å². The Bertz CT molecular complexity index is 950. The number of aromatic nitrogens is 1. The van der Waals surface area contributed by atoms with Crippen LogP contribution in [0.2, 0.25) is 0 Å². The summed E-state index contributed by atoms with van der Waals surface area (Å²) in [5, 5.41) is 17.6. The smallest absolute Gasteiger partial charge is 0.137 e. The fourth-order valence-electron chi connectivity index (χ4n) is 2.80. The number of epoxide rings is 1. The van der Waals surface area contributed by atoms with Crippen molar-refractivity contribution in [3.05, 3.63) is 65.9 Å². The van der Waals surface area contributed by atoms with E-state index in [2.05, 4.69) is 49.3 Å². The minimum absolute atomic E-state index is 0.148. The fourth-order valence-corrected chi connectivity index (χ4v) is 2.80. The predicted octanol–water partition coefficient (Wildman–Crippen LogP) is 3.78. The van der Waals surface area contributed by atoms with Gasteiger partial charge in [-0.2, -0.15) is 5.26 Å². The number of nitrogens with two attached hydrogens (primary N) is 1. The summed E-state index contributed by atoms with van der Waals surface area (Å²) >= 11 is 0. The molecule has 2 heterocycles. The molecule has 0 spiro atoms. The van der Waals surface area contributed by atoms with Gasteiger partial charge in [0.25, 0.3) is 0 Å². The highest BCUT2D eigenvalue weighted by molar-refractivity contribution is 5.83. The average Bonchev–Trinajstić information content (AvgIpc) is 3.47. The Morgan fingerprint density at radius 3 is 2.50 bits per heavy atom. The number of nitrogens with one attached hydrogen (secondary N) is 1. The second-order valence-corrected chi connectivity index (χ2v) is 7.72. The van der Waals surface area contributed by atoms with Gasteiger partial charge in [0.05, 0.1) is 12.2 Å². The van der Waals surface area contributed by atoms with Crippen LogP contribution in [0.25, 0.3) is 10.9 Å². The Balaban J connectivity index is 0.000000190. The van der Waals surface area contributed by atoms with E-state index in [4.69, 9.17) is 25.6 Å². The Hall–Kier alpha value is -2.85. The van der Waals surface area contributed by atoms with Crippen molar-refractivity contribution < 1.29 is 14.6 Å². The normalized spacial score (nSPS) is 14.6. The third-order valence-electron chi connectivity index (χ3n) is 4.16. The number of nitrogens with zero attached hydrogens (tertiary/aromatic N) is 1. The molecule has 4 N–H and O–H groups in total. The van der Waals surface area contributed by atoms with Crippen molar-refractivity contribution in [3.63, 3.8) is 0 Å². The first-order chi connectivity index (χ1) is 14.4. The Kier molecular flexibility index (Phi) is 8.88. The van der Waals surface area contributed by atoms with Crippen molar-refractivity contribution in [2.45, 2.75) is 38.8 Å². The molecule has 3 aromatic rings. The van der Waals surface area contributed by atoms with Crippen LogP contribution in [0.1, 0.15) is 31.9 Å². The zero-order valence-electron chi connectivity index (χ0n) is 17.9. The van der Waals surface area contributed by atoms with Gasteiger partial charge in [0, 0.05) is 29.2 Å². The van der Waals surface area contributed by atoms with Gasteiger partial charge in [-0.3, -0.25) is 0 Å². The number of aliphatic hydroxyl groups excluding tert-OH is 1. The summed E-state index contributed by atoms with van der Waals surface area (Å²) in [5.74, 6) is 0.639. The van der Waals surface area contributed by atoms with E-state index in [0.29, 0.717) is 17.9 Å². The van der Waals surface area contributed by atoms with E-state index in [9.17, 15) is 0 Å². The van der Waals surface area contributed by atoms with Gasteiger partial charge in [-0.05, 0) is 51.0 Å². The molecule has 1 saturated heterocycles. The number of aliphatic hydroxyl groups is 1. The first-order valence-corrected chi connectivity index (χ1v) is 10.1. The number of aromatic amines is 1. The van der Waals surface area contributed by atoms with Crippen molar-refractivity contribution in [3.8, 4) is 11.8 Å². The first-order valence-electron chi connectivity index (χ1n) is 10.1. The molecule has 160 valence electrons. The van der Waals surface area contributed by atoms with Crippen molar-refractivity contribution in [2.24, 2.45) is 5.73 Å². The van der Waals surface area contributed by atoms with Gasteiger partial charge < -0.3 is 25.3 Å². The van der Waals surface area contributed by atoms with Gasteiger partial charge in [0.1, 0.15) is 24.5 Å². The number of H-pyrrole nitrogens is 1. The lowest BCUT2D eigenvalue weighted by Crippen LogP contribution is -2.34. The summed E-state index contributed by atoms with van der Waals surface area (Å²) in [5.41, 5.74) is 8.91. The highest BCUT2D eigenvalue weighted by atomic mass is 16.6. The summed E-state index contributed by atoms with van der Waals surface area (Å²) in [6.45, 7) is 7.34. The molecule has 4 rings (SSSR count). The maximum Gasteiger partial charge on any atom is 0.137 e. The second kappa shape index (κ2) is 11.4. The zero-order chi connectivity index (χ0) is 22.0. The summed E-state index contributed by atoms with van der Waals surface area (Å²) in [4.78, 5) is 3.26. The number of nitriles is 1. The molecule has 6 nitrogen and oxygen atoms in total. The lowest BCUT2D eigenvalue weighted by molar-refractivity contribution is 0.262. The lowest BCUT2D eigenvalue weighted by Gasteiger charge is -2.17. The summed E-state index contributed by atoms with van der Waals surface area (Å²) in [6.07, 6.45) is 3.18. The number of benzene rings is 2. The zero-order valence-corrected chi connectivity index (χ0v) is 17.9. The van der Waals surface area contributed by atoms with Crippen LogP contribution in [0.4, 0.5) is 0 Å². The number of hydrogen-bond acceptors (Lipinski definition) is 5. The molecule has 1 aliphatic heterocycles. The van der Waals surface area contributed by atoms with E-state index in [1.165, 1.54) is 16.5 Å². The predicted molar refractivity (Wildman–Crippen MR) is 119 cm³/mol. The summed E-state index contributed by atoms with van der Waals surface area (Å²) in [7, 11) is 0. The van der Waals surface area contributed by atoms with E-state index in [0.717, 1.165) is 13.0 Å². The molecular weight excluding hydrogens is 378 g/mol. The molecule has 0 unspecified atom stereocenters. The Morgan fingerprint density at radius 2 is 1.87 bits per heavy atom. The van der Waals surface area contributed by atoms with Crippen LogP contribution < -0.4 is 10.5 Å². The molecule has 0 saturated carbocycles. The number of hydrogen-bond donors (Lipinski definition) is 3. The number of fused-ring (bicyclic) bond motifs is 1. The topological polar surface area (TPSA) is 108 Å². The van der Waals surface area contributed by atoms with Crippen LogP contribution >= 0.6 is 0 Å². The van der Waals surface area contributed by atoms with Crippen LogP contribution in [-0.4, -0.2) is 41.6 Å². The van der Waals surface area contributed by atoms with E-state index >= 15 is 0 Å². The first kappa shape index (κ1) is 23.4. The second-order valence-electron chi connectivity index (χ2n) is 7.72. The van der Waals surface area contributed by atoms with Crippen molar-refractivity contribution in [1.82, 2.24) is 4.98 Å². The summed E-state index contributed by atoms with van der Waals surface area (Å²) < 4.78 is 10.4. The van der Waals surface area contributed by atoms with Crippen LogP contribution in [0.15, 0.2) is 54.7 Å². The molecule has 0 radical (unpaired) electrons. The van der Waals surface area contributed by atoms with Crippen molar-refractivity contribution in [2.75, 3.05) is 19.8 Å². The van der Waals surface area contributed by atoms with Crippen LogP contribution in [0, 0.1) is 11.3 Å². The average molecular weight is 410 g/mol. The molecule has 6 heteroatoms.